The van der Waals surface area contributed by atoms with Gasteiger partial charge in [-0.05, 0) is 48.4 Å². The number of hydrogen-bond donors (Lipinski definition) is 4. The molecule has 1 heterocycles. The van der Waals surface area contributed by atoms with E-state index in [9.17, 15) is 20.1 Å². The second-order valence-electron chi connectivity index (χ2n) is 5.01. The first kappa shape index (κ1) is 14.5. The summed E-state index contributed by atoms with van der Waals surface area (Å²) in [7, 11) is 0. The Labute approximate surface area is 134 Å². The summed E-state index contributed by atoms with van der Waals surface area (Å²) in [6, 6.07) is 6.22. The van der Waals surface area contributed by atoms with Gasteiger partial charge in [-0.2, -0.15) is 0 Å². The molecule has 4 N–H and O–H groups in total. The Balaban J connectivity index is 2.18. The number of aromatic hydroxyl groups is 3. The van der Waals surface area contributed by atoms with Crippen molar-refractivity contribution in [3.05, 3.63) is 45.4 Å². The van der Waals surface area contributed by atoms with E-state index in [0.717, 1.165) is 15.6 Å². The van der Waals surface area contributed by atoms with Gasteiger partial charge in [0.15, 0.2) is 17.2 Å². The molecular weight excluding hydrogens is 350 g/mol. The third-order valence-corrected chi connectivity index (χ3v) is 4.42. The van der Waals surface area contributed by atoms with Gasteiger partial charge in [-0.1, -0.05) is 15.9 Å². The molecule has 6 heteroatoms. The fourth-order valence-electron chi connectivity index (χ4n) is 2.45. The number of fused-ring (bicyclic) bond motifs is 1. The van der Waals surface area contributed by atoms with Crippen LogP contribution >= 0.6 is 15.9 Å². The smallest absolute Gasteiger partial charge is 0.256 e. The quantitative estimate of drug-likeness (QED) is 0.463. The molecule has 0 saturated heterocycles. The van der Waals surface area contributed by atoms with Gasteiger partial charge < -0.3 is 20.6 Å². The Hall–Kier alpha value is -2.47. The highest BCUT2D eigenvalue weighted by Gasteiger charge is 2.26. The lowest BCUT2D eigenvalue weighted by Crippen LogP contribution is -2.03. The SMILES string of the molecule is Cc1c(Br)ccc2c1C(=Cc1cc(O)c(O)c(O)c1)C(=O)N2. The van der Waals surface area contributed by atoms with Crippen LogP contribution in [0.5, 0.6) is 17.2 Å². The molecule has 2 aromatic rings. The minimum atomic E-state index is -0.586. The molecule has 112 valence electrons. The second-order valence-corrected chi connectivity index (χ2v) is 5.87. The lowest BCUT2D eigenvalue weighted by atomic mass is 9.99. The summed E-state index contributed by atoms with van der Waals surface area (Å²) in [5.74, 6) is -1.74. The average Bonchev–Trinajstić information content (AvgIpc) is 2.77. The van der Waals surface area contributed by atoms with Gasteiger partial charge in [0.25, 0.3) is 5.91 Å². The highest BCUT2D eigenvalue weighted by Crippen LogP contribution is 2.40. The summed E-state index contributed by atoms with van der Waals surface area (Å²) in [6.07, 6.45) is 1.56. The van der Waals surface area contributed by atoms with E-state index in [-0.39, 0.29) is 5.91 Å². The summed E-state index contributed by atoms with van der Waals surface area (Å²) < 4.78 is 0.880. The Morgan fingerprint density at radius 3 is 2.41 bits per heavy atom. The van der Waals surface area contributed by atoms with E-state index in [1.807, 2.05) is 13.0 Å². The van der Waals surface area contributed by atoms with Crippen LogP contribution in [-0.2, 0) is 4.79 Å². The van der Waals surface area contributed by atoms with Crippen LogP contribution in [0.15, 0.2) is 28.7 Å². The number of hydrogen-bond acceptors (Lipinski definition) is 4. The third kappa shape index (κ3) is 2.21. The first-order chi connectivity index (χ1) is 10.4. The Bertz CT molecular complexity index is 819. The topological polar surface area (TPSA) is 89.8 Å². The molecule has 0 atom stereocenters. The zero-order chi connectivity index (χ0) is 16.0. The summed E-state index contributed by atoms with van der Waals surface area (Å²) in [5, 5.41) is 31.3. The van der Waals surface area contributed by atoms with Gasteiger partial charge in [0, 0.05) is 21.3 Å². The molecule has 22 heavy (non-hydrogen) atoms. The van der Waals surface area contributed by atoms with Crippen molar-refractivity contribution in [1.29, 1.82) is 0 Å². The molecule has 0 aromatic heterocycles. The highest BCUT2D eigenvalue weighted by molar-refractivity contribution is 9.10. The first-order valence-electron chi connectivity index (χ1n) is 6.46. The van der Waals surface area contributed by atoms with Crippen molar-refractivity contribution in [3.63, 3.8) is 0 Å². The number of phenolic OH excluding ortho intramolecular Hbond substituents is 3. The zero-order valence-corrected chi connectivity index (χ0v) is 13.1. The van der Waals surface area contributed by atoms with E-state index in [1.54, 1.807) is 12.1 Å². The summed E-state index contributed by atoms with van der Waals surface area (Å²) in [6.45, 7) is 1.89. The number of halogens is 1. The number of nitrogens with one attached hydrogen (secondary N) is 1. The molecule has 1 aliphatic heterocycles. The normalized spacial score (nSPS) is 15.0. The lowest BCUT2D eigenvalue weighted by Gasteiger charge is -2.07. The molecule has 0 unspecified atom stereocenters. The minimum absolute atomic E-state index is 0.261. The number of amides is 1. The molecule has 0 spiro atoms. The van der Waals surface area contributed by atoms with Gasteiger partial charge in [0.05, 0.1) is 0 Å². The molecule has 5 nitrogen and oxygen atoms in total. The summed E-state index contributed by atoms with van der Waals surface area (Å²) in [4.78, 5) is 12.2. The number of rotatable bonds is 1. The second kappa shape index (κ2) is 5.06. The van der Waals surface area contributed by atoms with Crippen LogP contribution in [0.1, 0.15) is 16.7 Å². The zero-order valence-electron chi connectivity index (χ0n) is 11.5. The van der Waals surface area contributed by atoms with Gasteiger partial charge in [0.1, 0.15) is 0 Å². The summed E-state index contributed by atoms with van der Waals surface area (Å²) >= 11 is 3.44. The van der Waals surface area contributed by atoms with E-state index in [1.165, 1.54) is 12.1 Å². The van der Waals surface area contributed by atoms with Crippen LogP contribution in [0.3, 0.4) is 0 Å². The maximum Gasteiger partial charge on any atom is 0.256 e. The first-order valence-corrected chi connectivity index (χ1v) is 7.25. The minimum Gasteiger partial charge on any atom is -0.504 e. The molecule has 1 aliphatic rings. The van der Waals surface area contributed by atoms with E-state index in [2.05, 4.69) is 21.2 Å². The number of benzene rings is 2. The molecule has 0 saturated carbocycles. The van der Waals surface area contributed by atoms with E-state index < -0.39 is 17.2 Å². The number of anilines is 1. The largest absolute Gasteiger partial charge is 0.504 e. The predicted octanol–water partition coefficient (Wildman–Crippen LogP) is 3.37. The van der Waals surface area contributed by atoms with Crippen molar-refractivity contribution < 1.29 is 20.1 Å². The van der Waals surface area contributed by atoms with Gasteiger partial charge >= 0.3 is 0 Å². The average molecular weight is 362 g/mol. The van der Waals surface area contributed by atoms with Crippen molar-refractivity contribution in [3.8, 4) is 17.2 Å². The van der Waals surface area contributed by atoms with Gasteiger partial charge in [-0.25, -0.2) is 0 Å². The monoisotopic (exact) mass is 361 g/mol. The van der Waals surface area contributed by atoms with Crippen LogP contribution < -0.4 is 5.32 Å². The summed E-state index contributed by atoms with van der Waals surface area (Å²) in [5.41, 5.74) is 3.23. The third-order valence-electron chi connectivity index (χ3n) is 3.56. The number of carbonyl (C=O) groups excluding carboxylic acids is 1. The molecule has 2 aromatic carbocycles. The number of carbonyl (C=O) groups is 1. The fourth-order valence-corrected chi connectivity index (χ4v) is 2.78. The maximum absolute atomic E-state index is 12.2. The van der Waals surface area contributed by atoms with Crippen molar-refractivity contribution in [2.24, 2.45) is 0 Å². The van der Waals surface area contributed by atoms with E-state index >= 15 is 0 Å². The molecule has 0 aliphatic carbocycles. The van der Waals surface area contributed by atoms with E-state index in [4.69, 9.17) is 0 Å². The molecular formula is C16H12BrNO4. The Morgan fingerprint density at radius 1 is 1.14 bits per heavy atom. The van der Waals surface area contributed by atoms with Crippen molar-refractivity contribution in [2.75, 3.05) is 5.32 Å². The van der Waals surface area contributed by atoms with Crippen molar-refractivity contribution >= 4 is 39.2 Å². The Kier molecular flexibility index (Phi) is 3.33. The highest BCUT2D eigenvalue weighted by atomic mass is 79.9. The van der Waals surface area contributed by atoms with Crippen molar-refractivity contribution in [1.82, 2.24) is 0 Å². The van der Waals surface area contributed by atoms with Gasteiger partial charge in [-0.15, -0.1) is 0 Å². The van der Waals surface area contributed by atoms with Crippen LogP contribution in [0.25, 0.3) is 11.6 Å². The van der Waals surface area contributed by atoms with Crippen molar-refractivity contribution in [2.45, 2.75) is 6.92 Å². The molecule has 0 bridgehead atoms. The molecule has 0 radical (unpaired) electrons. The molecule has 1 amide bonds. The van der Waals surface area contributed by atoms with Crippen LogP contribution in [0.4, 0.5) is 5.69 Å². The Morgan fingerprint density at radius 2 is 1.77 bits per heavy atom. The predicted molar refractivity (Wildman–Crippen MR) is 86.8 cm³/mol. The van der Waals surface area contributed by atoms with Gasteiger partial charge in [-0.3, -0.25) is 4.79 Å². The van der Waals surface area contributed by atoms with Gasteiger partial charge in [0.2, 0.25) is 0 Å². The lowest BCUT2D eigenvalue weighted by molar-refractivity contribution is -0.110. The maximum atomic E-state index is 12.2. The van der Waals surface area contributed by atoms with Crippen LogP contribution in [0.2, 0.25) is 0 Å². The fraction of sp³-hybridized carbons (Fsp3) is 0.0625. The van der Waals surface area contributed by atoms with E-state index in [0.29, 0.717) is 16.8 Å². The number of phenols is 3. The standard InChI is InChI=1S/C16H12BrNO4/c1-7-10(17)2-3-11-14(7)9(16(22)18-11)4-8-5-12(19)15(21)13(20)6-8/h2-6,19-21H,1H3,(H,18,22). The molecule has 3 rings (SSSR count). The van der Waals surface area contributed by atoms with Crippen LogP contribution in [-0.4, -0.2) is 21.2 Å². The molecule has 0 fully saturated rings. The van der Waals surface area contributed by atoms with Crippen LogP contribution in [0, 0.1) is 6.92 Å².